The van der Waals surface area contributed by atoms with Crippen LogP contribution >= 0.6 is 11.9 Å². The third kappa shape index (κ3) is 6.99. The normalized spacial score (nSPS) is 21.0. The van der Waals surface area contributed by atoms with Crippen LogP contribution in [0, 0.1) is 11.8 Å². The number of ether oxygens (including phenoxy) is 1. The fourth-order valence-corrected chi connectivity index (χ4v) is 3.87. The van der Waals surface area contributed by atoms with Gasteiger partial charge in [0.05, 0.1) is 6.61 Å². The van der Waals surface area contributed by atoms with Crippen molar-refractivity contribution in [1.82, 2.24) is 10.0 Å². The second-order valence-electron chi connectivity index (χ2n) is 7.67. The van der Waals surface area contributed by atoms with Crippen molar-refractivity contribution in [3.8, 4) is 5.75 Å². The number of benzene rings is 1. The maximum atomic E-state index is 11.7. The number of allylic oxidation sites excluding steroid dienone is 1. The topological polar surface area (TPSA) is 67.4 Å². The fraction of sp³-hybridized carbons (Fsp3) is 0.545. The molecule has 1 aliphatic carbocycles. The second kappa shape index (κ2) is 10.7. The van der Waals surface area contributed by atoms with Crippen molar-refractivity contribution in [3.05, 3.63) is 42.0 Å². The zero-order chi connectivity index (χ0) is 19.8. The summed E-state index contributed by atoms with van der Waals surface area (Å²) in [6.07, 6.45) is 9.66. The largest absolute Gasteiger partial charge is 0.493 e. The van der Waals surface area contributed by atoms with E-state index in [9.17, 15) is 9.59 Å². The van der Waals surface area contributed by atoms with Gasteiger partial charge in [0, 0.05) is 24.1 Å². The van der Waals surface area contributed by atoms with Crippen LogP contribution in [0.25, 0.3) is 0 Å². The van der Waals surface area contributed by atoms with Gasteiger partial charge in [-0.3, -0.25) is 19.6 Å². The number of nitrogens with one attached hydrogen (secondary N) is 2. The van der Waals surface area contributed by atoms with Gasteiger partial charge in [-0.1, -0.05) is 36.2 Å². The summed E-state index contributed by atoms with van der Waals surface area (Å²) in [5.74, 6) is 2.30. The van der Waals surface area contributed by atoms with E-state index in [4.69, 9.17) is 4.74 Å². The van der Waals surface area contributed by atoms with Gasteiger partial charge in [-0.05, 0) is 62.6 Å². The Bertz CT molecular complexity index is 703. The summed E-state index contributed by atoms with van der Waals surface area (Å²) in [6.45, 7) is 2.99. The Morgan fingerprint density at radius 1 is 1.29 bits per heavy atom. The lowest BCUT2D eigenvalue weighted by Gasteiger charge is -2.19. The Morgan fingerprint density at radius 3 is 2.93 bits per heavy atom. The van der Waals surface area contributed by atoms with Gasteiger partial charge in [-0.2, -0.15) is 0 Å². The quantitative estimate of drug-likeness (QED) is 0.252. The number of piperidine rings is 1. The highest BCUT2D eigenvalue weighted by Crippen LogP contribution is 2.30. The molecule has 152 valence electrons. The van der Waals surface area contributed by atoms with Crippen molar-refractivity contribution < 1.29 is 14.3 Å². The van der Waals surface area contributed by atoms with Gasteiger partial charge < -0.3 is 4.74 Å². The number of carbonyl (C=O) groups excluding carboxylic acids is 2. The van der Waals surface area contributed by atoms with Gasteiger partial charge >= 0.3 is 0 Å². The summed E-state index contributed by atoms with van der Waals surface area (Å²) in [5.41, 5.74) is 1.22. The van der Waals surface area contributed by atoms with Gasteiger partial charge in [0.2, 0.25) is 11.8 Å². The van der Waals surface area contributed by atoms with Gasteiger partial charge in [-0.25, -0.2) is 0 Å². The molecule has 1 saturated carbocycles. The van der Waals surface area contributed by atoms with Crippen molar-refractivity contribution in [2.75, 3.05) is 12.4 Å². The molecule has 3 rings (SSSR count). The molecule has 0 spiro atoms. The molecule has 0 radical (unpaired) electrons. The summed E-state index contributed by atoms with van der Waals surface area (Å²) in [5, 5.41) is 2.41. The molecule has 2 amide bonds. The van der Waals surface area contributed by atoms with Crippen LogP contribution in [0.15, 0.2) is 36.4 Å². The number of imide groups is 1. The fourth-order valence-electron chi connectivity index (χ4n) is 3.16. The number of hydrogen-bond acceptors (Lipinski definition) is 5. The first-order valence-corrected chi connectivity index (χ1v) is 11.2. The van der Waals surface area contributed by atoms with Crippen LogP contribution < -0.4 is 14.8 Å². The highest BCUT2D eigenvalue weighted by Gasteiger charge is 2.25. The SMILES string of the molecule is CC(NSC/C=C/CCC1CCC(=O)NC1=O)c1cccc(OCC2CC2)c1. The molecule has 28 heavy (non-hydrogen) atoms. The van der Waals surface area contributed by atoms with Crippen molar-refractivity contribution >= 4 is 23.8 Å². The average molecular weight is 403 g/mol. The first-order valence-electron chi connectivity index (χ1n) is 10.2. The minimum atomic E-state index is -0.145. The molecule has 0 aromatic heterocycles. The number of amides is 2. The first kappa shape index (κ1) is 20.9. The van der Waals surface area contributed by atoms with Gasteiger partial charge in [0.25, 0.3) is 0 Å². The van der Waals surface area contributed by atoms with E-state index in [0.717, 1.165) is 36.9 Å². The monoisotopic (exact) mass is 402 g/mol. The molecule has 2 aliphatic rings. The lowest BCUT2D eigenvalue weighted by Crippen LogP contribution is -2.40. The van der Waals surface area contributed by atoms with Crippen molar-refractivity contribution in [3.63, 3.8) is 0 Å². The van der Waals surface area contributed by atoms with E-state index in [1.54, 1.807) is 11.9 Å². The molecular formula is C22H30N2O3S. The molecule has 0 bridgehead atoms. The van der Waals surface area contributed by atoms with Crippen LogP contribution in [-0.2, 0) is 9.59 Å². The van der Waals surface area contributed by atoms with E-state index in [1.165, 1.54) is 18.4 Å². The molecule has 1 saturated heterocycles. The van der Waals surface area contributed by atoms with Crippen LogP contribution in [0.2, 0.25) is 0 Å². The van der Waals surface area contributed by atoms with E-state index in [0.29, 0.717) is 12.8 Å². The van der Waals surface area contributed by atoms with Crippen molar-refractivity contribution in [2.45, 2.75) is 51.5 Å². The highest BCUT2D eigenvalue weighted by molar-refractivity contribution is 7.97. The zero-order valence-corrected chi connectivity index (χ0v) is 17.3. The summed E-state index contributed by atoms with van der Waals surface area (Å²) < 4.78 is 9.33. The molecule has 1 aromatic rings. The summed E-state index contributed by atoms with van der Waals surface area (Å²) >= 11 is 1.68. The average Bonchev–Trinajstić information content (AvgIpc) is 3.51. The Balaban J connectivity index is 1.30. The Hall–Kier alpha value is -1.79. The van der Waals surface area contributed by atoms with E-state index >= 15 is 0 Å². The lowest BCUT2D eigenvalue weighted by atomic mass is 9.93. The number of carbonyl (C=O) groups is 2. The smallest absolute Gasteiger partial charge is 0.229 e. The van der Waals surface area contributed by atoms with Gasteiger partial charge in [0.1, 0.15) is 5.75 Å². The third-order valence-electron chi connectivity index (χ3n) is 5.18. The molecule has 2 atom stereocenters. The molecular weight excluding hydrogens is 372 g/mol. The first-order chi connectivity index (χ1) is 13.6. The molecule has 1 aliphatic heterocycles. The Labute approximate surface area is 171 Å². The summed E-state index contributed by atoms with van der Waals surface area (Å²) in [4.78, 5) is 22.8. The minimum Gasteiger partial charge on any atom is -0.493 e. The van der Waals surface area contributed by atoms with Gasteiger partial charge in [-0.15, -0.1) is 0 Å². The molecule has 2 N–H and O–H groups in total. The predicted molar refractivity (Wildman–Crippen MR) is 113 cm³/mol. The molecule has 6 heteroatoms. The number of hydrogen-bond donors (Lipinski definition) is 2. The maximum Gasteiger partial charge on any atom is 0.229 e. The predicted octanol–water partition coefficient (Wildman–Crippen LogP) is 4.16. The van der Waals surface area contributed by atoms with E-state index in [1.807, 2.05) is 6.07 Å². The van der Waals surface area contributed by atoms with E-state index in [-0.39, 0.29) is 23.8 Å². The minimum absolute atomic E-state index is 0.0254. The highest BCUT2D eigenvalue weighted by atomic mass is 32.2. The van der Waals surface area contributed by atoms with Crippen LogP contribution in [0.3, 0.4) is 0 Å². The zero-order valence-electron chi connectivity index (χ0n) is 16.5. The van der Waals surface area contributed by atoms with Crippen LogP contribution in [0.1, 0.15) is 57.1 Å². The Morgan fingerprint density at radius 2 is 2.14 bits per heavy atom. The standard InChI is InChI=1S/C22H30N2O3S/c1-16(19-7-5-8-20(14-19)27-15-17-9-10-17)24-28-13-4-2-3-6-18-11-12-21(25)23-22(18)26/h2,4-5,7-8,14,16-18,24H,3,6,9-13,15H2,1H3,(H,23,25,26)/b4-2+. The van der Waals surface area contributed by atoms with Crippen LogP contribution in [-0.4, -0.2) is 24.2 Å². The van der Waals surface area contributed by atoms with Crippen LogP contribution in [0.4, 0.5) is 0 Å². The van der Waals surface area contributed by atoms with E-state index in [2.05, 4.69) is 47.3 Å². The maximum absolute atomic E-state index is 11.7. The molecule has 1 heterocycles. The number of rotatable bonds is 11. The van der Waals surface area contributed by atoms with Crippen molar-refractivity contribution in [1.29, 1.82) is 0 Å². The summed E-state index contributed by atoms with van der Waals surface area (Å²) in [6, 6.07) is 8.56. The molecule has 1 aromatic carbocycles. The summed E-state index contributed by atoms with van der Waals surface area (Å²) in [7, 11) is 0. The van der Waals surface area contributed by atoms with Gasteiger partial charge in [0.15, 0.2) is 0 Å². The van der Waals surface area contributed by atoms with E-state index < -0.39 is 0 Å². The molecule has 5 nitrogen and oxygen atoms in total. The second-order valence-corrected chi connectivity index (χ2v) is 8.53. The lowest BCUT2D eigenvalue weighted by molar-refractivity contribution is -0.136. The van der Waals surface area contributed by atoms with Crippen LogP contribution in [0.5, 0.6) is 5.75 Å². The van der Waals surface area contributed by atoms with Crippen molar-refractivity contribution in [2.24, 2.45) is 11.8 Å². The third-order valence-corrected chi connectivity index (χ3v) is 6.06. The molecule has 2 fully saturated rings. The molecule has 2 unspecified atom stereocenters. The Kier molecular flexibility index (Phi) is 7.98.